The van der Waals surface area contributed by atoms with Crippen molar-refractivity contribution in [3.05, 3.63) is 84.1 Å². The summed E-state index contributed by atoms with van der Waals surface area (Å²) in [5, 5.41) is 14.5. The number of hydrogen-bond donors (Lipinski definition) is 1. The Balaban J connectivity index is 1.54. The van der Waals surface area contributed by atoms with Crippen LogP contribution in [0.3, 0.4) is 0 Å². The van der Waals surface area contributed by atoms with Crippen LogP contribution in [-0.4, -0.2) is 27.0 Å². The molecule has 0 saturated carbocycles. The van der Waals surface area contributed by atoms with Gasteiger partial charge in [0.15, 0.2) is 6.10 Å². The molecule has 34 heavy (non-hydrogen) atoms. The smallest absolute Gasteiger partial charge is 0.416 e. The van der Waals surface area contributed by atoms with Gasteiger partial charge in [0.1, 0.15) is 5.75 Å². The number of thioether (sulfide) groups is 1. The van der Waals surface area contributed by atoms with Crippen molar-refractivity contribution in [2.24, 2.45) is 0 Å². The zero-order valence-electron chi connectivity index (χ0n) is 18.3. The van der Waals surface area contributed by atoms with Gasteiger partial charge >= 0.3 is 12.1 Å². The number of nitrogens with zero attached hydrogens (tertiary/aromatic N) is 2. The second kappa shape index (κ2) is 9.42. The maximum absolute atomic E-state index is 12.9. The Bertz CT molecular complexity index is 1300. The minimum Gasteiger partial charge on any atom is -0.479 e. The number of rotatable bonds is 7. The maximum Gasteiger partial charge on any atom is 0.416 e. The minimum atomic E-state index is -4.38. The van der Waals surface area contributed by atoms with E-state index in [1.807, 2.05) is 37.3 Å². The Morgan fingerprint density at radius 3 is 2.32 bits per heavy atom. The van der Waals surface area contributed by atoms with Crippen molar-refractivity contribution in [2.45, 2.75) is 36.3 Å². The molecule has 0 aliphatic rings. The summed E-state index contributed by atoms with van der Waals surface area (Å²) in [6.07, 6.45) is -3.52. The molecule has 9 heteroatoms. The number of alkyl halides is 3. The van der Waals surface area contributed by atoms with Gasteiger partial charge in [0.2, 0.25) is 0 Å². The maximum atomic E-state index is 12.9. The van der Waals surface area contributed by atoms with E-state index in [0.29, 0.717) is 11.4 Å². The normalized spacial score (nSPS) is 13.6. The van der Waals surface area contributed by atoms with Crippen LogP contribution in [0.25, 0.3) is 16.6 Å². The Morgan fingerprint density at radius 2 is 1.71 bits per heavy atom. The van der Waals surface area contributed by atoms with Crippen molar-refractivity contribution in [3.63, 3.8) is 0 Å². The number of benzene rings is 3. The van der Waals surface area contributed by atoms with Crippen LogP contribution in [0.1, 0.15) is 30.2 Å². The van der Waals surface area contributed by atoms with E-state index in [-0.39, 0.29) is 5.25 Å². The highest BCUT2D eigenvalue weighted by atomic mass is 32.2. The van der Waals surface area contributed by atoms with E-state index in [1.165, 1.54) is 19.1 Å². The van der Waals surface area contributed by atoms with Crippen LogP contribution in [0.2, 0.25) is 0 Å². The van der Waals surface area contributed by atoms with Gasteiger partial charge in [-0.05, 0) is 67.9 Å². The lowest BCUT2D eigenvalue weighted by Crippen LogP contribution is -2.22. The van der Waals surface area contributed by atoms with Crippen molar-refractivity contribution in [1.82, 2.24) is 9.78 Å². The first-order chi connectivity index (χ1) is 16.1. The number of halogens is 3. The van der Waals surface area contributed by atoms with Gasteiger partial charge in [0.05, 0.1) is 16.8 Å². The summed E-state index contributed by atoms with van der Waals surface area (Å²) in [4.78, 5) is 11.9. The minimum absolute atomic E-state index is 0.0318. The molecular formula is C25H21F3N2O3S. The van der Waals surface area contributed by atoms with E-state index in [2.05, 4.69) is 5.10 Å². The average molecular weight is 487 g/mol. The van der Waals surface area contributed by atoms with Gasteiger partial charge in [0.25, 0.3) is 0 Å². The molecule has 0 amide bonds. The highest BCUT2D eigenvalue weighted by Crippen LogP contribution is 2.38. The van der Waals surface area contributed by atoms with Gasteiger partial charge in [-0.15, -0.1) is 11.8 Å². The molecule has 1 aromatic heterocycles. The van der Waals surface area contributed by atoms with Crippen LogP contribution >= 0.6 is 11.8 Å². The van der Waals surface area contributed by atoms with E-state index in [9.17, 15) is 18.0 Å². The number of carboxylic acids is 1. The molecule has 1 heterocycles. The van der Waals surface area contributed by atoms with Crippen LogP contribution < -0.4 is 4.74 Å². The summed E-state index contributed by atoms with van der Waals surface area (Å²) >= 11 is 1.61. The molecule has 1 N–H and O–H groups in total. The molecule has 0 bridgehead atoms. The molecule has 176 valence electrons. The summed E-state index contributed by atoms with van der Waals surface area (Å²) in [7, 11) is 0. The van der Waals surface area contributed by atoms with Crippen molar-refractivity contribution in [2.75, 3.05) is 0 Å². The third-order valence-electron chi connectivity index (χ3n) is 5.26. The molecule has 2 atom stereocenters. The number of carboxylic acid groups (broad SMARTS) is 1. The van der Waals surface area contributed by atoms with Gasteiger partial charge in [-0.1, -0.05) is 18.2 Å². The summed E-state index contributed by atoms with van der Waals surface area (Å²) in [5.41, 5.74) is 1.61. The van der Waals surface area contributed by atoms with Crippen LogP contribution in [0.15, 0.2) is 77.8 Å². The molecule has 4 rings (SSSR count). The zero-order chi connectivity index (χ0) is 24.5. The average Bonchev–Trinajstić information content (AvgIpc) is 3.24. The molecule has 2 unspecified atom stereocenters. The topological polar surface area (TPSA) is 64.4 Å². The van der Waals surface area contributed by atoms with Gasteiger partial charge in [-0.3, -0.25) is 0 Å². The highest BCUT2D eigenvalue weighted by molar-refractivity contribution is 7.99. The molecule has 0 aliphatic carbocycles. The number of aromatic nitrogens is 2. The molecular weight excluding hydrogens is 465 g/mol. The lowest BCUT2D eigenvalue weighted by Gasteiger charge is -2.14. The van der Waals surface area contributed by atoms with E-state index in [0.717, 1.165) is 33.5 Å². The molecule has 0 fully saturated rings. The molecule has 0 spiro atoms. The predicted molar refractivity (Wildman–Crippen MR) is 125 cm³/mol. The molecule has 5 nitrogen and oxygen atoms in total. The van der Waals surface area contributed by atoms with Gasteiger partial charge in [-0.2, -0.15) is 18.3 Å². The number of ether oxygens (including phenoxy) is 1. The van der Waals surface area contributed by atoms with Gasteiger partial charge < -0.3 is 9.84 Å². The van der Waals surface area contributed by atoms with Crippen molar-refractivity contribution < 1.29 is 27.8 Å². The number of carbonyl (C=O) groups is 1. The van der Waals surface area contributed by atoms with Crippen LogP contribution in [0.4, 0.5) is 13.2 Å². The van der Waals surface area contributed by atoms with Gasteiger partial charge in [-0.25, -0.2) is 9.48 Å². The molecule has 4 aromatic rings. The summed E-state index contributed by atoms with van der Waals surface area (Å²) < 4.78 is 45.5. The van der Waals surface area contributed by atoms with Crippen LogP contribution in [0.5, 0.6) is 5.75 Å². The Kier molecular flexibility index (Phi) is 6.56. The second-order valence-electron chi connectivity index (χ2n) is 7.73. The van der Waals surface area contributed by atoms with Crippen LogP contribution in [-0.2, 0) is 11.0 Å². The van der Waals surface area contributed by atoms with Crippen molar-refractivity contribution in [3.8, 4) is 11.4 Å². The van der Waals surface area contributed by atoms with Crippen molar-refractivity contribution in [1.29, 1.82) is 0 Å². The number of hydrogen-bond acceptors (Lipinski definition) is 4. The molecule has 0 saturated heterocycles. The summed E-state index contributed by atoms with van der Waals surface area (Å²) in [6.45, 7) is 3.52. The van der Waals surface area contributed by atoms with E-state index in [1.54, 1.807) is 34.8 Å². The second-order valence-corrected chi connectivity index (χ2v) is 9.15. The van der Waals surface area contributed by atoms with Crippen LogP contribution in [0, 0.1) is 0 Å². The SMILES string of the molecule is CC(Oc1ccc(SC(C)c2cccc3cn(-c4ccc(C(F)(F)F)cc4)nc23)cc1)C(=O)O. The molecule has 0 radical (unpaired) electrons. The fourth-order valence-corrected chi connectivity index (χ4v) is 4.47. The number of aliphatic carboxylic acids is 1. The quantitative estimate of drug-likeness (QED) is 0.293. The lowest BCUT2D eigenvalue weighted by atomic mass is 10.1. The number of fused-ring (bicyclic) bond motifs is 1. The first-order valence-corrected chi connectivity index (χ1v) is 11.3. The Hall–Kier alpha value is -3.46. The highest BCUT2D eigenvalue weighted by Gasteiger charge is 2.30. The third-order valence-corrected chi connectivity index (χ3v) is 6.41. The first-order valence-electron chi connectivity index (χ1n) is 10.4. The third kappa shape index (κ3) is 5.20. The standard InChI is InChI=1S/C25H21F3N2O3S/c1-15(24(31)32)33-20-10-12-21(13-11-20)34-16(2)22-5-3-4-17-14-30(29-23(17)22)19-8-6-18(7-9-19)25(26,27)28/h3-16H,1-2H3,(H,31,32). The summed E-state index contributed by atoms with van der Waals surface area (Å²) in [5.74, 6) is -0.555. The van der Waals surface area contributed by atoms with E-state index < -0.39 is 23.8 Å². The summed E-state index contributed by atoms with van der Waals surface area (Å²) in [6, 6.07) is 17.9. The van der Waals surface area contributed by atoms with E-state index >= 15 is 0 Å². The van der Waals surface area contributed by atoms with Gasteiger partial charge in [0, 0.05) is 21.7 Å². The largest absolute Gasteiger partial charge is 0.479 e. The Labute approximate surface area is 198 Å². The monoisotopic (exact) mass is 486 g/mol. The van der Waals surface area contributed by atoms with Crippen molar-refractivity contribution >= 4 is 28.6 Å². The lowest BCUT2D eigenvalue weighted by molar-refractivity contribution is -0.144. The fourth-order valence-electron chi connectivity index (χ4n) is 3.45. The Morgan fingerprint density at radius 1 is 1.03 bits per heavy atom. The zero-order valence-corrected chi connectivity index (χ0v) is 19.1. The van der Waals surface area contributed by atoms with E-state index in [4.69, 9.17) is 9.84 Å². The molecule has 0 aliphatic heterocycles. The molecule has 3 aromatic carbocycles. The first kappa shape index (κ1) is 23.7. The fraction of sp³-hybridized carbons (Fsp3) is 0.200. The predicted octanol–water partition coefficient (Wildman–Crippen LogP) is 6.75.